The van der Waals surface area contributed by atoms with Crippen LogP contribution in [0.3, 0.4) is 0 Å². The molecule has 0 bridgehead atoms. The highest BCUT2D eigenvalue weighted by atomic mass is 16.5. The molecule has 1 aromatic rings. The average Bonchev–Trinajstić information content (AvgIpc) is 2.40. The van der Waals surface area contributed by atoms with E-state index in [2.05, 4.69) is 18.7 Å². The van der Waals surface area contributed by atoms with Crippen LogP contribution in [-0.2, 0) is 11.3 Å². The summed E-state index contributed by atoms with van der Waals surface area (Å²) in [6.45, 7) is 5.14. The van der Waals surface area contributed by atoms with Gasteiger partial charge in [-0.3, -0.25) is 0 Å². The van der Waals surface area contributed by atoms with Gasteiger partial charge >= 0.3 is 0 Å². The smallest absolute Gasteiger partial charge is 0.0717 e. The van der Waals surface area contributed by atoms with Crippen LogP contribution in [0.5, 0.6) is 0 Å². The molecule has 0 aromatic heterocycles. The normalized spacial score (nSPS) is 27.1. The zero-order valence-electron chi connectivity index (χ0n) is 11.6. The number of benzene rings is 1. The summed E-state index contributed by atoms with van der Waals surface area (Å²) < 4.78 is 5.79. The van der Waals surface area contributed by atoms with E-state index in [-0.39, 0.29) is 0 Å². The second kappa shape index (κ2) is 6.88. The summed E-state index contributed by atoms with van der Waals surface area (Å²) in [5.41, 5.74) is 0.667. The monoisotopic (exact) mass is 260 g/mol. The third-order valence-corrected chi connectivity index (χ3v) is 3.91. The highest BCUT2D eigenvalue weighted by molar-refractivity contribution is 5.13. The lowest BCUT2D eigenvalue weighted by molar-refractivity contribution is -0.0353. The molecule has 2 nitrogen and oxygen atoms in total. The number of ether oxygens (including phenoxy) is 1. The van der Waals surface area contributed by atoms with Gasteiger partial charge in [0.05, 0.1) is 12.2 Å². The molecule has 0 unspecified atom stereocenters. The van der Waals surface area contributed by atoms with Crippen LogP contribution in [0.25, 0.3) is 0 Å². The lowest BCUT2D eigenvalue weighted by atomic mass is 9.77. The zero-order chi connectivity index (χ0) is 13.6. The van der Waals surface area contributed by atoms with Crippen molar-refractivity contribution in [2.45, 2.75) is 44.3 Å². The molecule has 2 atom stereocenters. The summed E-state index contributed by atoms with van der Waals surface area (Å²) in [5, 5.41) is 10.4. The summed E-state index contributed by atoms with van der Waals surface area (Å²) >= 11 is 0. The molecule has 2 rings (SSSR count). The highest BCUT2D eigenvalue weighted by Gasteiger charge is 2.33. The van der Waals surface area contributed by atoms with Crippen molar-refractivity contribution in [2.24, 2.45) is 5.92 Å². The predicted molar refractivity (Wildman–Crippen MR) is 77.8 cm³/mol. The van der Waals surface area contributed by atoms with E-state index in [1.54, 1.807) is 0 Å². The van der Waals surface area contributed by atoms with E-state index in [4.69, 9.17) is 4.74 Å². The van der Waals surface area contributed by atoms with Crippen molar-refractivity contribution in [2.75, 3.05) is 6.61 Å². The molecule has 1 aromatic carbocycles. The third-order valence-electron chi connectivity index (χ3n) is 3.91. The van der Waals surface area contributed by atoms with E-state index >= 15 is 0 Å². The number of hydrogen-bond acceptors (Lipinski definition) is 2. The molecule has 0 aliphatic heterocycles. The molecule has 1 saturated carbocycles. The lowest BCUT2D eigenvalue weighted by Crippen LogP contribution is -2.36. The van der Waals surface area contributed by atoms with E-state index in [0.29, 0.717) is 18.9 Å². The van der Waals surface area contributed by atoms with E-state index in [1.807, 2.05) is 24.3 Å². The Labute approximate surface area is 116 Å². The molecule has 0 spiro atoms. The van der Waals surface area contributed by atoms with Gasteiger partial charge in [-0.15, -0.1) is 6.58 Å². The first-order valence-corrected chi connectivity index (χ1v) is 7.17. The van der Waals surface area contributed by atoms with E-state index in [0.717, 1.165) is 32.3 Å². The fourth-order valence-corrected chi connectivity index (χ4v) is 2.98. The Hall–Kier alpha value is -1.12. The summed E-state index contributed by atoms with van der Waals surface area (Å²) in [6, 6.07) is 10.2. The Bertz CT molecular complexity index is 388. The topological polar surface area (TPSA) is 29.5 Å². The zero-order valence-corrected chi connectivity index (χ0v) is 11.6. The predicted octanol–water partition coefficient (Wildman–Crippen LogP) is 3.70. The Balaban J connectivity index is 1.75. The first-order valence-electron chi connectivity index (χ1n) is 7.17. The van der Waals surface area contributed by atoms with Gasteiger partial charge in [-0.05, 0) is 37.2 Å². The van der Waals surface area contributed by atoms with Gasteiger partial charge in [-0.2, -0.15) is 0 Å². The van der Waals surface area contributed by atoms with Gasteiger partial charge in [-0.1, -0.05) is 42.8 Å². The average molecular weight is 260 g/mol. The SMILES string of the molecule is C=CC[C@@]1(O)CCC[C@@H](COCc2ccccc2)C1. The number of hydrogen-bond donors (Lipinski definition) is 1. The molecule has 1 N–H and O–H groups in total. The van der Waals surface area contributed by atoms with Gasteiger partial charge in [0.25, 0.3) is 0 Å². The van der Waals surface area contributed by atoms with E-state index in [1.165, 1.54) is 5.56 Å². The van der Waals surface area contributed by atoms with E-state index in [9.17, 15) is 5.11 Å². The van der Waals surface area contributed by atoms with Crippen LogP contribution >= 0.6 is 0 Å². The van der Waals surface area contributed by atoms with Crippen LogP contribution in [0.2, 0.25) is 0 Å². The van der Waals surface area contributed by atoms with Crippen LogP contribution in [0.4, 0.5) is 0 Å². The van der Waals surface area contributed by atoms with Gasteiger partial charge in [0.2, 0.25) is 0 Å². The van der Waals surface area contributed by atoms with Crippen molar-refractivity contribution >= 4 is 0 Å². The fourth-order valence-electron chi connectivity index (χ4n) is 2.98. The third kappa shape index (κ3) is 4.48. The first-order chi connectivity index (χ1) is 9.22. The largest absolute Gasteiger partial charge is 0.390 e. The van der Waals surface area contributed by atoms with Crippen molar-refractivity contribution in [1.82, 2.24) is 0 Å². The van der Waals surface area contributed by atoms with Crippen LogP contribution < -0.4 is 0 Å². The maximum atomic E-state index is 10.4. The molecular formula is C17H24O2. The molecule has 104 valence electrons. The van der Waals surface area contributed by atoms with Crippen LogP contribution in [0.15, 0.2) is 43.0 Å². The number of rotatable bonds is 6. The maximum Gasteiger partial charge on any atom is 0.0717 e. The molecule has 1 aliphatic carbocycles. The molecule has 1 aliphatic rings. The quantitative estimate of drug-likeness (QED) is 0.790. The first kappa shape index (κ1) is 14.3. The molecule has 2 heteroatoms. The number of aliphatic hydroxyl groups is 1. The van der Waals surface area contributed by atoms with Gasteiger partial charge in [-0.25, -0.2) is 0 Å². The Morgan fingerprint density at radius 1 is 1.37 bits per heavy atom. The van der Waals surface area contributed by atoms with Gasteiger partial charge in [0.15, 0.2) is 0 Å². The van der Waals surface area contributed by atoms with Crippen molar-refractivity contribution in [1.29, 1.82) is 0 Å². The minimum absolute atomic E-state index is 0.474. The van der Waals surface area contributed by atoms with E-state index < -0.39 is 5.60 Å². The Kier molecular flexibility index (Phi) is 5.17. The van der Waals surface area contributed by atoms with Gasteiger partial charge in [0.1, 0.15) is 0 Å². The molecular weight excluding hydrogens is 236 g/mol. The maximum absolute atomic E-state index is 10.4. The van der Waals surface area contributed by atoms with Crippen molar-refractivity contribution in [3.63, 3.8) is 0 Å². The summed E-state index contributed by atoms with van der Waals surface area (Å²) in [7, 11) is 0. The van der Waals surface area contributed by atoms with Gasteiger partial charge < -0.3 is 9.84 Å². The van der Waals surface area contributed by atoms with Gasteiger partial charge in [0, 0.05) is 6.61 Å². The highest BCUT2D eigenvalue weighted by Crippen LogP contribution is 2.35. The second-order valence-electron chi connectivity index (χ2n) is 5.68. The van der Waals surface area contributed by atoms with Crippen LogP contribution in [-0.4, -0.2) is 17.3 Å². The molecule has 0 amide bonds. The van der Waals surface area contributed by atoms with Crippen molar-refractivity contribution in [3.8, 4) is 0 Å². The molecule has 19 heavy (non-hydrogen) atoms. The molecule has 1 fully saturated rings. The molecule has 0 saturated heterocycles. The second-order valence-corrected chi connectivity index (χ2v) is 5.68. The van der Waals surface area contributed by atoms with Crippen LogP contribution in [0.1, 0.15) is 37.7 Å². The molecule has 0 heterocycles. The molecule has 0 radical (unpaired) electrons. The summed E-state index contributed by atoms with van der Waals surface area (Å²) in [5.74, 6) is 0.474. The van der Waals surface area contributed by atoms with Crippen molar-refractivity contribution in [3.05, 3.63) is 48.6 Å². The minimum atomic E-state index is -0.541. The Morgan fingerprint density at radius 3 is 2.89 bits per heavy atom. The van der Waals surface area contributed by atoms with Crippen LogP contribution in [0, 0.1) is 5.92 Å². The van der Waals surface area contributed by atoms with Crippen molar-refractivity contribution < 1.29 is 9.84 Å². The summed E-state index contributed by atoms with van der Waals surface area (Å²) in [4.78, 5) is 0. The standard InChI is InChI=1S/C17H24O2/c1-2-10-17(18)11-6-9-16(12-17)14-19-13-15-7-4-3-5-8-15/h2-5,7-8,16,18H,1,6,9-14H2/t16-,17-/m1/s1. The summed E-state index contributed by atoms with van der Waals surface area (Å²) in [6.07, 6.45) is 6.51. The Morgan fingerprint density at radius 2 is 2.16 bits per heavy atom. The minimum Gasteiger partial charge on any atom is -0.390 e. The lowest BCUT2D eigenvalue weighted by Gasteiger charge is -2.36. The fraction of sp³-hybridized carbons (Fsp3) is 0.529.